The molecule has 0 spiro atoms. The van der Waals surface area contributed by atoms with Crippen LogP contribution < -0.4 is 9.47 Å². The Balaban J connectivity index is 0.823. The molecular formula is C58H60N2O21. The highest BCUT2D eigenvalue weighted by molar-refractivity contribution is 6.32. The highest BCUT2D eigenvalue weighted by Crippen LogP contribution is 2.54. The number of hydrogen-bond donors (Lipinski definition) is 7. The van der Waals surface area contributed by atoms with Crippen molar-refractivity contribution in [2.24, 2.45) is 0 Å². The quantitative estimate of drug-likeness (QED) is 0.0968. The predicted octanol–water partition coefficient (Wildman–Crippen LogP) is 2.25. The molecule has 23 heteroatoms. The molecule has 0 saturated carbocycles. The Kier molecular flexibility index (Phi) is 13.6. The minimum Gasteiger partial charge on any atom is -0.507 e. The van der Waals surface area contributed by atoms with Gasteiger partial charge in [-0.2, -0.15) is 0 Å². The third-order valence-electron chi connectivity index (χ3n) is 17.9. The monoisotopic (exact) mass is 1120 g/mol. The van der Waals surface area contributed by atoms with E-state index in [4.69, 9.17) is 37.9 Å². The summed E-state index contributed by atoms with van der Waals surface area (Å²) in [7, 11) is 2.67. The number of fused-ring (bicyclic) bond motifs is 12. The van der Waals surface area contributed by atoms with Gasteiger partial charge in [-0.05, 0) is 44.0 Å². The lowest BCUT2D eigenvalue weighted by atomic mass is 9.70. The SMILES string of the molecule is COc1cccc2c1C(=O)c1c(O)c3c(c(C)c1C2=O)C[C@@](O)(C(=O)CO)C[C@@H]3O[C@H]1CC2[C@@H](OCN3CN2CO[C@@H]2C3C[C@H](O[C@H]3C[C@](O)(C(=O)CO)Cc4c(O)c5c(c(O)c43)C(=O)c3c(OC)cccc3C5=O)O[C@H]2C)[C@H](C)O1. The summed E-state index contributed by atoms with van der Waals surface area (Å²) in [6, 6.07) is 7.95. The van der Waals surface area contributed by atoms with E-state index in [0.29, 0.717) is 0 Å². The van der Waals surface area contributed by atoms with Crippen molar-refractivity contribution in [2.75, 3.05) is 47.6 Å². The summed E-state index contributed by atoms with van der Waals surface area (Å²) in [6.07, 6.45) is -9.45. The number of nitrogens with zero attached hydrogens (tertiary/aromatic N) is 2. The molecule has 0 aromatic heterocycles. The molecule has 0 amide bonds. The molecule has 4 unspecified atom stereocenters. The highest BCUT2D eigenvalue weighted by Gasteiger charge is 2.55. The molecule has 12 rings (SSSR count). The second-order valence-corrected chi connectivity index (χ2v) is 22.3. The van der Waals surface area contributed by atoms with Crippen molar-refractivity contribution in [3.05, 3.63) is 109 Å². The molecule has 23 nitrogen and oxygen atoms in total. The number of ether oxygens (including phenoxy) is 8. The number of aliphatic hydroxyl groups excluding tert-OH is 2. The third-order valence-corrected chi connectivity index (χ3v) is 17.9. The van der Waals surface area contributed by atoms with Crippen LogP contribution >= 0.6 is 0 Å². The summed E-state index contributed by atoms with van der Waals surface area (Å²) < 4.78 is 50.5. The Hall–Kier alpha value is -6.58. The number of phenolic OH excluding ortho intramolecular Hbond substituents is 3. The maximum Gasteiger partial charge on any atom is 0.202 e. The summed E-state index contributed by atoms with van der Waals surface area (Å²) in [5.41, 5.74) is -6.05. The first kappa shape index (κ1) is 55.0. The van der Waals surface area contributed by atoms with Crippen LogP contribution in [0.2, 0.25) is 0 Å². The summed E-state index contributed by atoms with van der Waals surface area (Å²) in [5.74, 6) is -6.63. The smallest absolute Gasteiger partial charge is 0.202 e. The largest absolute Gasteiger partial charge is 0.507 e. The predicted molar refractivity (Wildman–Crippen MR) is 274 cm³/mol. The van der Waals surface area contributed by atoms with Gasteiger partial charge in [0.15, 0.2) is 35.7 Å². The lowest BCUT2D eigenvalue weighted by molar-refractivity contribution is -0.280. The summed E-state index contributed by atoms with van der Waals surface area (Å²) >= 11 is 0. The Bertz CT molecular complexity index is 3180. The number of phenols is 3. The van der Waals surface area contributed by atoms with Crippen molar-refractivity contribution in [2.45, 2.75) is 132 Å². The second kappa shape index (κ2) is 20.1. The molecule has 81 heavy (non-hydrogen) atoms. The lowest BCUT2D eigenvalue weighted by Crippen LogP contribution is -2.57. The number of benzene rings is 4. The minimum absolute atomic E-state index is 0.0276. The second-order valence-electron chi connectivity index (χ2n) is 22.3. The lowest BCUT2D eigenvalue weighted by Gasteiger charge is -2.46. The van der Waals surface area contributed by atoms with Gasteiger partial charge in [-0.3, -0.25) is 38.6 Å². The number of methoxy groups -OCH3 is 2. The van der Waals surface area contributed by atoms with E-state index < -0.39 is 174 Å². The minimum atomic E-state index is -2.37. The van der Waals surface area contributed by atoms with Gasteiger partial charge in [0.25, 0.3) is 0 Å². The first-order valence-corrected chi connectivity index (χ1v) is 26.7. The van der Waals surface area contributed by atoms with Crippen molar-refractivity contribution in [3.63, 3.8) is 0 Å². The van der Waals surface area contributed by atoms with E-state index in [1.54, 1.807) is 26.8 Å². The molecule has 4 aliphatic carbocycles. The molecule has 0 radical (unpaired) electrons. The molecule has 4 heterocycles. The van der Waals surface area contributed by atoms with E-state index in [1.165, 1.54) is 44.6 Å². The van der Waals surface area contributed by atoms with E-state index in [-0.39, 0.29) is 106 Å². The molecule has 4 aromatic carbocycles. The standard InChI is InChI=1S/C58H60N2O21/c1-23-28-14-57(72,36(63)18-61)16-34(43(28)53(70)45-40(23)48(65)26-8-6-10-32(74-4)41(26)51(45)68)80-38-12-30-55(24(2)78-38)76-22-60-20-59(30)21-77-56-25(3)79-39(13-31(56)60)81-35-17-58(73,37(64)19-62)15-29-44(35)54(71)47-46(50(29)67)49(66)27-9-7-11-33(75-5)42(27)52(47)69/h6-11,24-25,30-31,34-35,38-39,55-56,61-62,67,70-73H,12-22H2,1-5H3/t24-,25-,30?,31?,34-,35-,38-,39-,55-,56-,57-,58-/m0/s1. The number of ketones is 6. The number of Topliss-reactive ketones (excluding diaryl/α,β-unsaturated/α-hetero) is 2. The van der Waals surface area contributed by atoms with E-state index in [9.17, 15) is 64.5 Å². The Labute approximate surface area is 462 Å². The summed E-state index contributed by atoms with van der Waals surface area (Å²) in [5, 5.41) is 80.3. The van der Waals surface area contributed by atoms with E-state index in [0.717, 1.165) is 0 Å². The van der Waals surface area contributed by atoms with Gasteiger partial charge < -0.3 is 73.6 Å². The van der Waals surface area contributed by atoms with Crippen LogP contribution in [0.3, 0.4) is 0 Å². The Morgan fingerprint density at radius 3 is 1.48 bits per heavy atom. The first-order valence-electron chi connectivity index (χ1n) is 26.7. The molecule has 8 aliphatic rings. The molecule has 428 valence electrons. The van der Waals surface area contributed by atoms with Gasteiger partial charge in [-0.15, -0.1) is 0 Å². The van der Waals surface area contributed by atoms with E-state index >= 15 is 0 Å². The highest BCUT2D eigenvalue weighted by atomic mass is 16.7. The van der Waals surface area contributed by atoms with Crippen LogP contribution in [0.1, 0.15) is 143 Å². The number of carbonyl (C=O) groups is 6. The zero-order valence-corrected chi connectivity index (χ0v) is 44.8. The molecule has 4 fully saturated rings. The fourth-order valence-electron chi connectivity index (χ4n) is 13.9. The normalized spacial score (nSPS) is 32.8. The van der Waals surface area contributed by atoms with Gasteiger partial charge in [-0.25, -0.2) is 0 Å². The van der Waals surface area contributed by atoms with Gasteiger partial charge in [0.05, 0.1) is 73.1 Å². The summed E-state index contributed by atoms with van der Waals surface area (Å²) in [4.78, 5) is 87.7. The van der Waals surface area contributed by atoms with E-state index in [1.807, 2.05) is 9.80 Å². The number of carbonyl (C=O) groups excluding carboxylic acids is 6. The van der Waals surface area contributed by atoms with Crippen molar-refractivity contribution in [1.29, 1.82) is 0 Å². The maximum absolute atomic E-state index is 14.4. The molecule has 4 aliphatic heterocycles. The number of rotatable bonds is 10. The number of aromatic hydroxyl groups is 3. The van der Waals surface area contributed by atoms with E-state index in [2.05, 4.69) is 0 Å². The zero-order valence-electron chi connectivity index (χ0n) is 44.8. The van der Waals surface area contributed by atoms with Crippen LogP contribution in [0.15, 0.2) is 36.4 Å². The topological polar surface area (TPSA) is 324 Å². The van der Waals surface area contributed by atoms with Crippen LogP contribution in [0, 0.1) is 6.92 Å². The summed E-state index contributed by atoms with van der Waals surface area (Å²) in [6.45, 7) is 3.37. The van der Waals surface area contributed by atoms with Crippen molar-refractivity contribution in [1.82, 2.24) is 9.80 Å². The average Bonchev–Trinajstić information content (AvgIpc) is 2.41. The van der Waals surface area contributed by atoms with Crippen LogP contribution in [0.5, 0.6) is 28.7 Å². The fourth-order valence-corrected chi connectivity index (χ4v) is 13.9. The van der Waals surface area contributed by atoms with Crippen LogP contribution in [0.25, 0.3) is 0 Å². The third kappa shape index (κ3) is 8.38. The zero-order chi connectivity index (χ0) is 57.5. The fraction of sp³-hybridized carbons (Fsp3) is 0.483. The van der Waals surface area contributed by atoms with Gasteiger partial charge in [-0.1, -0.05) is 24.3 Å². The Morgan fingerprint density at radius 1 is 0.605 bits per heavy atom. The maximum atomic E-state index is 14.4. The molecule has 4 aromatic rings. The molecule has 2 bridgehead atoms. The number of hydrogen-bond acceptors (Lipinski definition) is 23. The van der Waals surface area contributed by atoms with Crippen molar-refractivity contribution in [3.8, 4) is 28.7 Å². The molecule has 4 saturated heterocycles. The number of aliphatic hydroxyl groups is 4. The van der Waals surface area contributed by atoms with Crippen LogP contribution in [0.4, 0.5) is 0 Å². The van der Waals surface area contributed by atoms with Crippen LogP contribution in [-0.4, -0.2) is 188 Å². The Morgan fingerprint density at radius 2 is 1.02 bits per heavy atom. The molecule has 7 N–H and O–H groups in total. The molecule has 14 atom stereocenters. The average molecular weight is 1120 g/mol. The van der Waals surface area contributed by atoms with Gasteiger partial charge in [0.1, 0.15) is 78.8 Å². The van der Waals surface area contributed by atoms with Crippen molar-refractivity contribution >= 4 is 34.7 Å². The van der Waals surface area contributed by atoms with Crippen LogP contribution in [-0.2, 0) is 50.9 Å². The van der Waals surface area contributed by atoms with Gasteiger partial charge >= 0.3 is 0 Å². The van der Waals surface area contributed by atoms with Gasteiger partial charge in [0.2, 0.25) is 11.6 Å². The first-order chi connectivity index (χ1) is 38.7. The molecular weight excluding hydrogens is 1060 g/mol. The van der Waals surface area contributed by atoms with Crippen molar-refractivity contribution < 1.29 is 102 Å². The van der Waals surface area contributed by atoms with Gasteiger partial charge in [0, 0.05) is 84.0 Å².